The summed E-state index contributed by atoms with van der Waals surface area (Å²) < 4.78 is 66.1. The first-order valence-corrected chi connectivity index (χ1v) is 1.77. The molecule has 0 amide bonds. The molecule has 0 aromatic rings. The Labute approximate surface area is 56.4 Å². The molecule has 1 fully saturated rings. The quantitative estimate of drug-likeness (QED) is 0.463. The Morgan fingerprint density at radius 1 is 1.71 bits per heavy atom. The average Bonchev–Trinajstić information content (AvgIpc) is 2.18. The van der Waals surface area contributed by atoms with Crippen molar-refractivity contribution >= 4 is 6.29 Å². The van der Waals surface area contributed by atoms with Crippen molar-refractivity contribution in [3.8, 4) is 0 Å². The first-order chi connectivity index (χ1) is 6.81. The fourth-order valence-corrected chi connectivity index (χ4v) is 0.287. The van der Waals surface area contributed by atoms with Gasteiger partial charge in [0.25, 0.3) is 0 Å². The molecule has 0 N–H and O–H groups in total. The van der Waals surface area contributed by atoms with Gasteiger partial charge in [-0.05, 0) is 12.7 Å². The summed E-state index contributed by atoms with van der Waals surface area (Å²) in [5.41, 5.74) is 0. The SMILES string of the molecule is [2H]C1([2H])C([2H])([2H])C([2H])([2H])C([2H])(C=O)C1([2H])[2H]. The molecule has 0 aromatic heterocycles. The highest BCUT2D eigenvalue weighted by Crippen LogP contribution is 2.21. The zero-order valence-electron chi connectivity index (χ0n) is 12.5. The maximum Gasteiger partial charge on any atom is 0.123 e. The van der Waals surface area contributed by atoms with Crippen LogP contribution in [0.2, 0.25) is 0 Å². The van der Waals surface area contributed by atoms with Gasteiger partial charge in [-0.1, -0.05) is 12.7 Å². The number of hydrogen-bond acceptors (Lipinski definition) is 1. The molecule has 1 heteroatoms. The molecule has 7 heavy (non-hydrogen) atoms. The van der Waals surface area contributed by atoms with E-state index in [1.54, 1.807) is 0 Å². The number of rotatable bonds is 1. The van der Waals surface area contributed by atoms with Gasteiger partial charge in [-0.15, -0.1) is 0 Å². The summed E-state index contributed by atoms with van der Waals surface area (Å²) in [6.45, 7) is 0. The normalized spacial score (nSPS) is 75.1. The summed E-state index contributed by atoms with van der Waals surface area (Å²) >= 11 is 0. The van der Waals surface area contributed by atoms with E-state index in [-0.39, 0.29) is 6.29 Å². The Bertz CT molecular complexity index is 307. The number of carbonyl (C=O) groups excluding carboxylic acids is 1. The van der Waals surface area contributed by atoms with Gasteiger partial charge in [-0.25, -0.2) is 0 Å². The highest BCUT2D eigenvalue weighted by Gasteiger charge is 2.12. The molecule has 0 radical (unpaired) electrons. The zero-order valence-corrected chi connectivity index (χ0v) is 3.49. The minimum atomic E-state index is -3.27. The van der Waals surface area contributed by atoms with Crippen LogP contribution in [0, 0.1) is 5.89 Å². The van der Waals surface area contributed by atoms with Crippen LogP contribution in [0.1, 0.15) is 37.8 Å². The van der Waals surface area contributed by atoms with E-state index in [4.69, 9.17) is 12.3 Å². The van der Waals surface area contributed by atoms with E-state index in [1.165, 1.54) is 0 Å². The molecule has 1 nitrogen and oxygen atoms in total. The molecule has 0 saturated heterocycles. The van der Waals surface area contributed by atoms with Crippen LogP contribution in [0.15, 0.2) is 0 Å². The molecule has 0 spiro atoms. The molecule has 0 aliphatic heterocycles. The van der Waals surface area contributed by atoms with Crippen LogP contribution < -0.4 is 0 Å². The minimum Gasteiger partial charge on any atom is -0.303 e. The summed E-state index contributed by atoms with van der Waals surface area (Å²) in [5.74, 6) is -3.12. The second-order valence-corrected chi connectivity index (χ2v) is 1.03. The monoisotopic (exact) mass is 107 g/mol. The van der Waals surface area contributed by atoms with Crippen LogP contribution in [0.3, 0.4) is 0 Å². The predicted molar refractivity (Wildman–Crippen MR) is 28.0 cm³/mol. The molecule has 0 heterocycles. The molecule has 1 aliphatic rings. The van der Waals surface area contributed by atoms with E-state index in [0.717, 1.165) is 0 Å². The number of aldehydes is 1. The minimum absolute atomic E-state index is 0.365. The predicted octanol–water partition coefficient (Wildman–Crippen LogP) is 1.38. The second-order valence-electron chi connectivity index (χ2n) is 1.03. The van der Waals surface area contributed by atoms with Gasteiger partial charge in [0.05, 0.1) is 0 Å². The van der Waals surface area contributed by atoms with Gasteiger partial charge in [-0.2, -0.15) is 0 Å². The number of hydrogen-bond donors (Lipinski definition) is 0. The van der Waals surface area contributed by atoms with Crippen molar-refractivity contribution in [2.45, 2.75) is 25.5 Å². The maximum atomic E-state index is 10.7. The van der Waals surface area contributed by atoms with Gasteiger partial charge in [0.1, 0.15) is 6.29 Å². The van der Waals surface area contributed by atoms with Gasteiger partial charge in [0.2, 0.25) is 0 Å². The van der Waals surface area contributed by atoms with Crippen molar-refractivity contribution in [3.63, 3.8) is 0 Å². The highest BCUT2D eigenvalue weighted by atomic mass is 16.1. The fourth-order valence-electron chi connectivity index (χ4n) is 0.287. The Kier molecular flexibility index (Phi) is 0.262. The number of carbonyl (C=O) groups is 1. The van der Waals surface area contributed by atoms with Crippen molar-refractivity contribution < 1.29 is 17.1 Å². The second kappa shape index (κ2) is 2.10. The summed E-state index contributed by atoms with van der Waals surface area (Å²) in [5, 5.41) is 0. The molecule has 40 valence electrons. The molecule has 0 atom stereocenters. The Balaban J connectivity index is 3.65. The van der Waals surface area contributed by atoms with Crippen molar-refractivity contribution in [1.82, 2.24) is 0 Å². The van der Waals surface area contributed by atoms with Crippen LogP contribution >= 0.6 is 0 Å². The summed E-state index contributed by atoms with van der Waals surface area (Å²) in [4.78, 5) is 10.7. The van der Waals surface area contributed by atoms with Crippen LogP contribution in [-0.4, -0.2) is 6.29 Å². The molecule has 1 saturated carbocycles. The molecular formula is C6H10O. The van der Waals surface area contributed by atoms with E-state index in [1.807, 2.05) is 0 Å². The van der Waals surface area contributed by atoms with Crippen molar-refractivity contribution in [2.24, 2.45) is 5.89 Å². The molecule has 0 bridgehead atoms. The van der Waals surface area contributed by atoms with Crippen LogP contribution in [0.4, 0.5) is 0 Å². The van der Waals surface area contributed by atoms with Gasteiger partial charge in [0.15, 0.2) is 0 Å². The molecule has 0 unspecified atom stereocenters. The summed E-state index contributed by atoms with van der Waals surface area (Å²) in [6, 6.07) is 0. The first-order valence-electron chi connectivity index (χ1n) is 6.27. The third-order valence-corrected chi connectivity index (χ3v) is 0.575. The van der Waals surface area contributed by atoms with E-state index in [0.29, 0.717) is 0 Å². The Morgan fingerprint density at radius 3 is 2.57 bits per heavy atom. The maximum absolute atomic E-state index is 10.7. The zero-order chi connectivity index (χ0) is 13.2. The lowest BCUT2D eigenvalue weighted by molar-refractivity contribution is -0.110. The van der Waals surface area contributed by atoms with Crippen molar-refractivity contribution in [1.29, 1.82) is 0 Å². The molecule has 0 aromatic carbocycles. The van der Waals surface area contributed by atoms with Crippen LogP contribution in [-0.2, 0) is 4.79 Å². The smallest absolute Gasteiger partial charge is 0.123 e. The molecule has 1 rings (SSSR count). The molecule has 1 aliphatic carbocycles. The standard InChI is InChI=1S/C6H10O/c7-5-6-3-1-2-4-6/h5-6H,1-4H2/i1D2,2D2,3D2,4D2,6D. The lowest BCUT2D eigenvalue weighted by Gasteiger charge is -1.90. The lowest BCUT2D eigenvalue weighted by Crippen LogP contribution is -1.91. The Hall–Kier alpha value is -0.330. The molecular weight excluding hydrogens is 88.1 g/mol. The first kappa shape index (κ1) is 0.873. The third kappa shape index (κ3) is 1.02. The van der Waals surface area contributed by atoms with Gasteiger partial charge in [0, 0.05) is 18.2 Å². The summed E-state index contributed by atoms with van der Waals surface area (Å²) in [7, 11) is 0. The third-order valence-electron chi connectivity index (χ3n) is 0.575. The van der Waals surface area contributed by atoms with Crippen LogP contribution in [0.25, 0.3) is 0 Å². The van der Waals surface area contributed by atoms with E-state index in [9.17, 15) is 4.79 Å². The fraction of sp³-hybridized carbons (Fsp3) is 0.833. The topological polar surface area (TPSA) is 17.1 Å². The van der Waals surface area contributed by atoms with Gasteiger partial charge < -0.3 is 4.79 Å². The van der Waals surface area contributed by atoms with Crippen LogP contribution in [0.5, 0.6) is 0 Å². The van der Waals surface area contributed by atoms with E-state index in [2.05, 4.69) is 0 Å². The van der Waals surface area contributed by atoms with E-state index >= 15 is 0 Å². The van der Waals surface area contributed by atoms with Crippen molar-refractivity contribution in [3.05, 3.63) is 0 Å². The van der Waals surface area contributed by atoms with Gasteiger partial charge >= 0.3 is 0 Å². The summed E-state index contributed by atoms with van der Waals surface area (Å²) in [6.07, 6.45) is -13.4. The average molecular weight is 107 g/mol. The van der Waals surface area contributed by atoms with E-state index < -0.39 is 31.4 Å². The van der Waals surface area contributed by atoms with Gasteiger partial charge in [-0.3, -0.25) is 0 Å². The largest absolute Gasteiger partial charge is 0.303 e. The van der Waals surface area contributed by atoms with Crippen molar-refractivity contribution in [2.75, 3.05) is 0 Å². The lowest BCUT2D eigenvalue weighted by atomic mass is 10.1. The Morgan fingerprint density at radius 2 is 2.29 bits per heavy atom. The highest BCUT2D eigenvalue weighted by molar-refractivity contribution is 5.53.